The van der Waals surface area contributed by atoms with Crippen molar-refractivity contribution >= 4 is 27.8 Å². The van der Waals surface area contributed by atoms with Crippen LogP contribution in [0.2, 0.25) is 0 Å². The van der Waals surface area contributed by atoms with Gasteiger partial charge in [-0.25, -0.2) is 0 Å². The van der Waals surface area contributed by atoms with Gasteiger partial charge in [0.2, 0.25) is 0 Å². The molecule has 0 saturated carbocycles. The van der Waals surface area contributed by atoms with Crippen molar-refractivity contribution in [2.24, 2.45) is 4.99 Å². The lowest BCUT2D eigenvalue weighted by Gasteiger charge is -2.08. The third-order valence-corrected chi connectivity index (χ3v) is 4.06. The summed E-state index contributed by atoms with van der Waals surface area (Å²) in [4.78, 5) is 4.51. The number of phenolic OH excluding ortho intramolecular Hbond substituents is 1. The van der Waals surface area contributed by atoms with Crippen LogP contribution in [0.15, 0.2) is 82.3 Å². The summed E-state index contributed by atoms with van der Waals surface area (Å²) in [5.74, 6) is 0.171. The van der Waals surface area contributed by atoms with Crippen LogP contribution in [0, 0.1) is 0 Å². The number of aromatic hydroxyl groups is 1. The third-order valence-electron chi connectivity index (χ3n) is 3.34. The molecular weight excluding hydrogens is 338 g/mol. The Balaban J connectivity index is 2.06. The summed E-state index contributed by atoms with van der Waals surface area (Å²) in [7, 11) is 0. The van der Waals surface area contributed by atoms with Gasteiger partial charge in [-0.2, -0.15) is 0 Å². The first-order valence-corrected chi connectivity index (χ1v) is 7.71. The summed E-state index contributed by atoms with van der Waals surface area (Å²) in [5.41, 5.74) is 3.47. The lowest BCUT2D eigenvalue weighted by molar-refractivity contribution is 0.477. The van der Waals surface area contributed by atoms with Crippen LogP contribution in [-0.2, 0) is 0 Å². The monoisotopic (exact) mass is 351 g/mol. The molecule has 108 valence electrons. The van der Waals surface area contributed by atoms with E-state index in [1.807, 2.05) is 66.7 Å². The summed E-state index contributed by atoms with van der Waals surface area (Å²) in [6.07, 6.45) is 1.76. The number of halogens is 1. The average Bonchev–Trinajstić information content (AvgIpc) is 2.56. The molecule has 3 rings (SSSR count). The summed E-state index contributed by atoms with van der Waals surface area (Å²) >= 11 is 3.50. The van der Waals surface area contributed by atoms with Crippen LogP contribution in [0.1, 0.15) is 5.56 Å². The van der Waals surface area contributed by atoms with Gasteiger partial charge in [0.25, 0.3) is 0 Å². The first-order valence-electron chi connectivity index (χ1n) is 6.92. The van der Waals surface area contributed by atoms with Crippen molar-refractivity contribution in [3.8, 4) is 16.9 Å². The predicted molar refractivity (Wildman–Crippen MR) is 94.9 cm³/mol. The number of nitrogens with zero attached hydrogens (tertiary/aromatic N) is 1. The first kappa shape index (κ1) is 14.5. The topological polar surface area (TPSA) is 32.6 Å². The maximum Gasteiger partial charge on any atom is 0.141 e. The van der Waals surface area contributed by atoms with Gasteiger partial charge < -0.3 is 5.11 Å². The molecule has 3 aromatic carbocycles. The Morgan fingerprint density at radius 1 is 0.818 bits per heavy atom. The van der Waals surface area contributed by atoms with Gasteiger partial charge in [0.05, 0.1) is 0 Å². The lowest BCUT2D eigenvalue weighted by atomic mass is 10.0. The van der Waals surface area contributed by atoms with E-state index in [1.165, 1.54) is 0 Å². The molecular formula is C19H14BrNO. The summed E-state index contributed by atoms with van der Waals surface area (Å²) in [6.45, 7) is 0. The van der Waals surface area contributed by atoms with Crippen LogP contribution >= 0.6 is 15.9 Å². The highest BCUT2D eigenvalue weighted by molar-refractivity contribution is 9.10. The van der Waals surface area contributed by atoms with Gasteiger partial charge >= 0.3 is 0 Å². The zero-order valence-corrected chi connectivity index (χ0v) is 13.4. The standard InChI is InChI=1S/C19H14BrNO/c20-17-11-5-4-9-15(17)13-21-19-16(10-6-12-18(19)22)14-7-2-1-3-8-14/h1-13,22H. The molecule has 0 amide bonds. The zero-order chi connectivity index (χ0) is 15.4. The van der Waals surface area contributed by atoms with Crippen molar-refractivity contribution in [1.82, 2.24) is 0 Å². The van der Waals surface area contributed by atoms with Crippen molar-refractivity contribution in [1.29, 1.82) is 0 Å². The molecule has 0 aliphatic carbocycles. The van der Waals surface area contributed by atoms with Crippen LogP contribution in [0.4, 0.5) is 5.69 Å². The Morgan fingerprint density at radius 2 is 1.55 bits per heavy atom. The molecule has 0 aromatic heterocycles. The second-order valence-corrected chi connectivity index (χ2v) is 5.67. The Kier molecular flexibility index (Phi) is 4.35. The smallest absolute Gasteiger partial charge is 0.141 e. The van der Waals surface area contributed by atoms with Crippen LogP contribution in [0.5, 0.6) is 5.75 Å². The maximum absolute atomic E-state index is 10.2. The molecule has 0 aliphatic rings. The minimum Gasteiger partial charge on any atom is -0.506 e. The highest BCUT2D eigenvalue weighted by Gasteiger charge is 2.08. The normalized spacial score (nSPS) is 11.0. The predicted octanol–water partition coefficient (Wildman–Crippen LogP) is 5.57. The van der Waals surface area contributed by atoms with Gasteiger partial charge in [-0.3, -0.25) is 4.99 Å². The quantitative estimate of drug-likeness (QED) is 0.614. The van der Waals surface area contributed by atoms with Crippen molar-refractivity contribution in [3.63, 3.8) is 0 Å². The van der Waals surface area contributed by atoms with Gasteiger partial charge in [0.15, 0.2) is 0 Å². The number of phenols is 1. The molecule has 0 atom stereocenters. The van der Waals surface area contributed by atoms with E-state index in [1.54, 1.807) is 12.3 Å². The summed E-state index contributed by atoms with van der Waals surface area (Å²) < 4.78 is 0.968. The molecule has 0 radical (unpaired) electrons. The highest BCUT2D eigenvalue weighted by Crippen LogP contribution is 2.37. The van der Waals surface area contributed by atoms with Crippen LogP contribution < -0.4 is 0 Å². The molecule has 0 heterocycles. The minimum atomic E-state index is 0.171. The van der Waals surface area contributed by atoms with Gasteiger partial charge in [0, 0.05) is 21.8 Å². The molecule has 0 bridgehead atoms. The van der Waals surface area contributed by atoms with Gasteiger partial charge in [-0.15, -0.1) is 0 Å². The van der Waals surface area contributed by atoms with E-state index in [0.717, 1.165) is 21.2 Å². The summed E-state index contributed by atoms with van der Waals surface area (Å²) in [6, 6.07) is 23.2. The summed E-state index contributed by atoms with van der Waals surface area (Å²) in [5, 5.41) is 10.2. The largest absolute Gasteiger partial charge is 0.506 e. The number of hydrogen-bond donors (Lipinski definition) is 1. The van der Waals surface area contributed by atoms with E-state index >= 15 is 0 Å². The number of hydrogen-bond acceptors (Lipinski definition) is 2. The molecule has 3 aromatic rings. The second kappa shape index (κ2) is 6.58. The van der Waals surface area contributed by atoms with E-state index in [4.69, 9.17) is 0 Å². The highest BCUT2D eigenvalue weighted by atomic mass is 79.9. The minimum absolute atomic E-state index is 0.171. The Hall–Kier alpha value is -2.39. The van der Waals surface area contributed by atoms with Crippen LogP contribution in [0.25, 0.3) is 11.1 Å². The number of benzene rings is 3. The Morgan fingerprint density at radius 3 is 2.32 bits per heavy atom. The van der Waals surface area contributed by atoms with Crippen molar-refractivity contribution in [2.75, 3.05) is 0 Å². The van der Waals surface area contributed by atoms with Gasteiger partial charge in [0.1, 0.15) is 11.4 Å². The first-order chi connectivity index (χ1) is 10.8. The molecule has 2 nitrogen and oxygen atoms in total. The fourth-order valence-corrected chi connectivity index (χ4v) is 2.62. The van der Waals surface area contributed by atoms with E-state index in [0.29, 0.717) is 5.69 Å². The third kappa shape index (κ3) is 3.10. The van der Waals surface area contributed by atoms with E-state index in [-0.39, 0.29) is 5.75 Å². The Bertz CT molecular complexity index is 813. The van der Waals surface area contributed by atoms with Crippen molar-refractivity contribution in [3.05, 3.63) is 82.8 Å². The zero-order valence-electron chi connectivity index (χ0n) is 11.8. The average molecular weight is 352 g/mol. The molecule has 0 unspecified atom stereocenters. The molecule has 0 fully saturated rings. The van der Waals surface area contributed by atoms with E-state index in [2.05, 4.69) is 20.9 Å². The number of para-hydroxylation sites is 1. The van der Waals surface area contributed by atoms with Crippen LogP contribution in [-0.4, -0.2) is 11.3 Å². The fourth-order valence-electron chi connectivity index (χ4n) is 2.23. The fraction of sp³-hybridized carbons (Fsp3) is 0. The molecule has 0 spiro atoms. The number of rotatable bonds is 3. The maximum atomic E-state index is 10.2. The van der Waals surface area contributed by atoms with Crippen LogP contribution in [0.3, 0.4) is 0 Å². The van der Waals surface area contributed by atoms with E-state index < -0.39 is 0 Å². The molecule has 1 N–H and O–H groups in total. The molecule has 3 heteroatoms. The lowest BCUT2D eigenvalue weighted by Crippen LogP contribution is -1.84. The second-order valence-electron chi connectivity index (χ2n) is 4.82. The molecule has 22 heavy (non-hydrogen) atoms. The number of aliphatic imine (C=N–C) groups is 1. The molecule has 0 saturated heterocycles. The van der Waals surface area contributed by atoms with Gasteiger partial charge in [-0.1, -0.05) is 76.6 Å². The van der Waals surface area contributed by atoms with E-state index in [9.17, 15) is 5.11 Å². The SMILES string of the molecule is Oc1cccc(-c2ccccc2)c1N=Cc1ccccc1Br. The van der Waals surface area contributed by atoms with Crippen molar-refractivity contribution in [2.45, 2.75) is 0 Å². The van der Waals surface area contributed by atoms with Crippen molar-refractivity contribution < 1.29 is 5.11 Å². The van der Waals surface area contributed by atoms with Gasteiger partial charge in [-0.05, 0) is 17.7 Å². The molecule has 0 aliphatic heterocycles. The Labute approximate surface area is 137 Å².